The van der Waals surface area contributed by atoms with Gasteiger partial charge in [-0.3, -0.25) is 0 Å². The molecule has 160 valence electrons. The largest absolute Gasteiger partial charge is 0.242 e. The third-order valence-electron chi connectivity index (χ3n) is 6.56. The maximum Gasteiger partial charge on any atom is 0.206 e. The number of halogens is 3. The summed E-state index contributed by atoms with van der Waals surface area (Å²) in [6, 6.07) is 8.68. The summed E-state index contributed by atoms with van der Waals surface area (Å²) in [5.41, 5.74) is -0.626. The fourth-order valence-electron chi connectivity index (χ4n) is 5.06. The van der Waals surface area contributed by atoms with Crippen LogP contribution < -0.4 is 0 Å². The van der Waals surface area contributed by atoms with Gasteiger partial charge in [-0.1, -0.05) is 13.0 Å². The molecule has 0 aliphatic heterocycles. The topological polar surface area (TPSA) is 81.7 Å². The predicted molar refractivity (Wildman–Crippen MR) is 107 cm³/mol. The van der Waals surface area contributed by atoms with E-state index in [0.717, 1.165) is 18.4 Å². The van der Waals surface area contributed by atoms with E-state index in [2.05, 4.69) is 0 Å². The Bertz CT molecular complexity index is 1290. The van der Waals surface area contributed by atoms with E-state index in [0.29, 0.717) is 23.1 Å². The molecule has 0 aromatic heterocycles. The van der Waals surface area contributed by atoms with Gasteiger partial charge in [0.1, 0.15) is 18.1 Å². The smallest absolute Gasteiger partial charge is 0.206 e. The van der Waals surface area contributed by atoms with Crippen molar-refractivity contribution in [3.63, 3.8) is 0 Å². The molecule has 2 aliphatic rings. The summed E-state index contributed by atoms with van der Waals surface area (Å²) in [5, 5.41) is 19.0. The summed E-state index contributed by atoms with van der Waals surface area (Å²) in [6.07, 6.45) is -0.328. The molecule has 0 fully saturated rings. The Labute approximate surface area is 178 Å². The molecule has 4 nitrogen and oxygen atoms in total. The van der Waals surface area contributed by atoms with Crippen LogP contribution in [0.25, 0.3) is 0 Å². The lowest BCUT2D eigenvalue weighted by molar-refractivity contribution is 0.219. The van der Waals surface area contributed by atoms with Crippen LogP contribution >= 0.6 is 0 Å². The second-order valence-corrected chi connectivity index (χ2v) is 10.3. The van der Waals surface area contributed by atoms with Crippen molar-refractivity contribution < 1.29 is 21.6 Å². The highest BCUT2D eigenvalue weighted by molar-refractivity contribution is 7.90. The number of benzene rings is 2. The highest BCUT2D eigenvalue weighted by Crippen LogP contribution is 2.52. The van der Waals surface area contributed by atoms with E-state index in [-0.39, 0.29) is 34.4 Å². The van der Waals surface area contributed by atoms with Crippen molar-refractivity contribution in [3.05, 3.63) is 63.5 Å². The van der Waals surface area contributed by atoms with E-state index < -0.39 is 39.3 Å². The van der Waals surface area contributed by atoms with Gasteiger partial charge >= 0.3 is 0 Å². The van der Waals surface area contributed by atoms with E-state index in [1.165, 1.54) is 13.0 Å². The lowest BCUT2D eigenvalue weighted by Crippen LogP contribution is -2.24. The Morgan fingerprint density at radius 1 is 1.13 bits per heavy atom. The SMILES string of the molecule is C[C@H]1c2c(S(C)(=O)=O)ccc([C@H]3CC[C@H](F)c4cc(F)cc(C#N)c43)c2C[C@@]1(F)C#N. The Balaban J connectivity index is 2.01. The maximum absolute atomic E-state index is 15.4. The molecule has 0 heterocycles. The van der Waals surface area contributed by atoms with E-state index in [1.54, 1.807) is 12.1 Å². The lowest BCUT2D eigenvalue weighted by atomic mass is 9.74. The second kappa shape index (κ2) is 7.10. The number of nitrogens with zero attached hydrogens (tertiary/aromatic N) is 2. The van der Waals surface area contributed by atoms with E-state index in [4.69, 9.17) is 0 Å². The molecule has 0 bridgehead atoms. The fourth-order valence-corrected chi connectivity index (χ4v) is 6.08. The van der Waals surface area contributed by atoms with Crippen molar-refractivity contribution in [3.8, 4) is 12.1 Å². The zero-order valence-corrected chi connectivity index (χ0v) is 17.7. The third-order valence-corrected chi connectivity index (χ3v) is 7.71. The molecule has 0 saturated carbocycles. The van der Waals surface area contributed by atoms with Crippen LogP contribution in [-0.2, 0) is 16.3 Å². The van der Waals surface area contributed by atoms with E-state index in [9.17, 15) is 27.7 Å². The number of hydrogen-bond donors (Lipinski definition) is 0. The molecule has 0 unspecified atom stereocenters. The van der Waals surface area contributed by atoms with Crippen molar-refractivity contribution in [2.75, 3.05) is 6.26 Å². The molecular formula is C23H19F3N2O2S. The van der Waals surface area contributed by atoms with Crippen LogP contribution in [0, 0.1) is 28.5 Å². The van der Waals surface area contributed by atoms with Crippen LogP contribution in [0.15, 0.2) is 29.2 Å². The normalized spacial score (nSPS) is 27.1. The average Bonchev–Trinajstić information content (AvgIpc) is 2.98. The molecule has 0 amide bonds. The number of fused-ring (bicyclic) bond motifs is 2. The summed E-state index contributed by atoms with van der Waals surface area (Å²) >= 11 is 0. The minimum atomic E-state index is -3.69. The monoisotopic (exact) mass is 444 g/mol. The Hall–Kier alpha value is -2.84. The van der Waals surface area contributed by atoms with Crippen LogP contribution in [0.2, 0.25) is 0 Å². The van der Waals surface area contributed by atoms with Crippen molar-refractivity contribution in [2.24, 2.45) is 0 Å². The van der Waals surface area contributed by atoms with E-state index in [1.807, 2.05) is 6.07 Å². The summed E-state index contributed by atoms with van der Waals surface area (Å²) in [4.78, 5) is -0.0347. The first-order valence-corrected chi connectivity index (χ1v) is 11.7. The fraction of sp³-hybridized carbons (Fsp3) is 0.391. The molecule has 0 radical (unpaired) electrons. The lowest BCUT2D eigenvalue weighted by Gasteiger charge is -2.31. The Kier molecular flexibility index (Phi) is 4.90. The summed E-state index contributed by atoms with van der Waals surface area (Å²) < 4.78 is 68.7. The Morgan fingerprint density at radius 3 is 2.45 bits per heavy atom. The van der Waals surface area contributed by atoms with Crippen LogP contribution in [0.4, 0.5) is 13.2 Å². The number of alkyl halides is 2. The third kappa shape index (κ3) is 3.21. The first-order chi connectivity index (χ1) is 14.5. The Morgan fingerprint density at radius 2 is 1.84 bits per heavy atom. The molecule has 0 spiro atoms. The van der Waals surface area contributed by atoms with Crippen molar-refractivity contribution in [1.29, 1.82) is 10.5 Å². The van der Waals surface area contributed by atoms with Crippen molar-refractivity contribution in [1.82, 2.24) is 0 Å². The minimum absolute atomic E-state index is 0.00105. The first kappa shape index (κ1) is 21.4. The molecular weight excluding hydrogens is 425 g/mol. The second-order valence-electron chi connectivity index (χ2n) is 8.36. The number of nitriles is 2. The summed E-state index contributed by atoms with van der Waals surface area (Å²) in [7, 11) is -3.69. The van der Waals surface area contributed by atoms with Gasteiger partial charge in [-0.15, -0.1) is 0 Å². The number of hydrogen-bond acceptors (Lipinski definition) is 4. The maximum atomic E-state index is 15.4. The van der Waals surface area contributed by atoms with Gasteiger partial charge in [-0.25, -0.2) is 21.6 Å². The highest BCUT2D eigenvalue weighted by Gasteiger charge is 2.49. The number of sulfone groups is 1. The van der Waals surface area contributed by atoms with Crippen LogP contribution in [0.5, 0.6) is 0 Å². The molecule has 0 saturated heterocycles. The zero-order valence-electron chi connectivity index (χ0n) is 16.9. The predicted octanol–water partition coefficient (Wildman–Crippen LogP) is 4.93. The van der Waals surface area contributed by atoms with Gasteiger partial charge in [0.05, 0.1) is 16.5 Å². The van der Waals surface area contributed by atoms with Gasteiger partial charge in [-0.05, 0) is 58.9 Å². The van der Waals surface area contributed by atoms with Gasteiger partial charge in [0.15, 0.2) is 9.84 Å². The molecule has 2 aromatic carbocycles. The quantitative estimate of drug-likeness (QED) is 0.658. The highest BCUT2D eigenvalue weighted by atomic mass is 32.2. The molecule has 31 heavy (non-hydrogen) atoms. The minimum Gasteiger partial charge on any atom is -0.242 e. The molecule has 4 rings (SSSR count). The molecule has 0 N–H and O–H groups in total. The van der Waals surface area contributed by atoms with Gasteiger partial charge in [0.25, 0.3) is 0 Å². The summed E-state index contributed by atoms with van der Waals surface area (Å²) in [6.45, 7) is 1.48. The van der Waals surface area contributed by atoms with Gasteiger partial charge in [-0.2, -0.15) is 10.5 Å². The first-order valence-electron chi connectivity index (χ1n) is 9.85. The molecule has 4 atom stereocenters. The standard InChI is InChI=1S/C23H19F3N2O2S/c1-12-21-18(9-23(12,26)11-28)15(4-6-20(21)31(2,29)30)16-3-5-19(25)17-8-14(24)7-13(10-27)22(16)17/h4,6-8,12,16,19H,3,5,9H2,1-2H3/t12-,16+,19-,23+/m0/s1. The summed E-state index contributed by atoms with van der Waals surface area (Å²) in [5.74, 6) is -2.22. The number of rotatable bonds is 2. The average molecular weight is 444 g/mol. The van der Waals surface area contributed by atoms with Crippen molar-refractivity contribution in [2.45, 2.75) is 54.8 Å². The molecule has 2 aromatic rings. The zero-order chi connectivity index (χ0) is 22.7. The van der Waals surface area contributed by atoms with Gasteiger partial charge in [0.2, 0.25) is 5.67 Å². The van der Waals surface area contributed by atoms with Crippen molar-refractivity contribution >= 4 is 9.84 Å². The molecule has 8 heteroatoms. The van der Waals surface area contributed by atoms with Crippen LogP contribution in [0.3, 0.4) is 0 Å². The van der Waals surface area contributed by atoms with Crippen LogP contribution in [0.1, 0.15) is 71.2 Å². The molecule has 2 aliphatic carbocycles. The van der Waals surface area contributed by atoms with E-state index >= 15 is 4.39 Å². The van der Waals surface area contributed by atoms with Gasteiger partial charge in [0, 0.05) is 24.5 Å². The van der Waals surface area contributed by atoms with Gasteiger partial charge < -0.3 is 0 Å². The van der Waals surface area contributed by atoms with Crippen LogP contribution in [-0.4, -0.2) is 20.3 Å².